The monoisotopic (exact) mass is 496 g/mol. The highest BCUT2D eigenvalue weighted by Gasteiger charge is 2.18. The summed E-state index contributed by atoms with van der Waals surface area (Å²) in [7, 11) is -3.86. The zero-order valence-electron chi connectivity index (χ0n) is 19.5. The minimum Gasteiger partial charge on any atom is -0.481 e. The number of halogens is 1. The molecule has 0 aromatic heterocycles. The SMILES string of the molecule is CC(C)(C)OC(=O)COc1ccc(CNS(=O)(=O)c2ccc(F)cc2)cc1-c1cccc(C#N)c1. The molecule has 0 saturated carbocycles. The van der Waals surface area contributed by atoms with E-state index in [9.17, 15) is 22.9 Å². The van der Waals surface area contributed by atoms with Gasteiger partial charge in [-0.05, 0) is 80.4 Å². The maximum Gasteiger partial charge on any atom is 0.344 e. The lowest BCUT2D eigenvalue weighted by Gasteiger charge is -2.20. The number of esters is 1. The minimum absolute atomic E-state index is 0.0446. The standard InChI is InChI=1S/C26H25FN2O5S/c1-26(2,3)34-25(30)17-33-24-12-7-19(14-23(24)20-6-4-5-18(13-20)15-28)16-29-35(31,32)22-10-8-21(27)9-11-22/h4-14,29H,16-17H2,1-3H3. The topological polar surface area (TPSA) is 105 Å². The first-order valence-electron chi connectivity index (χ1n) is 10.7. The molecule has 0 radical (unpaired) electrons. The van der Waals surface area contributed by atoms with Gasteiger partial charge < -0.3 is 9.47 Å². The largest absolute Gasteiger partial charge is 0.481 e. The van der Waals surface area contributed by atoms with Gasteiger partial charge in [-0.2, -0.15) is 5.26 Å². The second-order valence-corrected chi connectivity index (χ2v) is 10.4. The van der Waals surface area contributed by atoms with Crippen LogP contribution >= 0.6 is 0 Å². The predicted octanol–water partition coefficient (Wildman–Crippen LogP) is 4.56. The van der Waals surface area contributed by atoms with Gasteiger partial charge in [-0.1, -0.05) is 18.2 Å². The highest BCUT2D eigenvalue weighted by molar-refractivity contribution is 7.89. The van der Waals surface area contributed by atoms with E-state index in [-0.39, 0.29) is 18.0 Å². The van der Waals surface area contributed by atoms with Crippen molar-refractivity contribution in [3.05, 3.63) is 83.7 Å². The number of hydrogen-bond donors (Lipinski definition) is 1. The first-order chi connectivity index (χ1) is 16.5. The van der Waals surface area contributed by atoms with Gasteiger partial charge in [0, 0.05) is 12.1 Å². The van der Waals surface area contributed by atoms with Crippen molar-refractivity contribution in [3.8, 4) is 22.9 Å². The van der Waals surface area contributed by atoms with Crippen molar-refractivity contribution in [3.63, 3.8) is 0 Å². The van der Waals surface area contributed by atoms with Gasteiger partial charge in [0.15, 0.2) is 6.61 Å². The van der Waals surface area contributed by atoms with Crippen LogP contribution in [0.2, 0.25) is 0 Å². The van der Waals surface area contributed by atoms with E-state index in [4.69, 9.17) is 9.47 Å². The molecule has 3 rings (SSSR count). The van der Waals surface area contributed by atoms with Crippen molar-refractivity contribution >= 4 is 16.0 Å². The molecule has 35 heavy (non-hydrogen) atoms. The molecule has 0 saturated heterocycles. The number of nitrogens with one attached hydrogen (secondary N) is 1. The van der Waals surface area contributed by atoms with E-state index in [0.717, 1.165) is 12.1 Å². The van der Waals surface area contributed by atoms with Crippen molar-refractivity contribution in [1.29, 1.82) is 5.26 Å². The summed E-state index contributed by atoms with van der Waals surface area (Å²) >= 11 is 0. The Hall–Kier alpha value is -3.74. The molecule has 0 fully saturated rings. The van der Waals surface area contributed by atoms with E-state index < -0.39 is 27.4 Å². The number of nitriles is 1. The average Bonchev–Trinajstić information content (AvgIpc) is 2.81. The minimum atomic E-state index is -3.86. The van der Waals surface area contributed by atoms with Gasteiger partial charge in [0.2, 0.25) is 10.0 Å². The van der Waals surface area contributed by atoms with Gasteiger partial charge >= 0.3 is 5.97 Å². The molecule has 0 aliphatic heterocycles. The van der Waals surface area contributed by atoms with Crippen LogP contribution in [0.25, 0.3) is 11.1 Å². The normalized spacial score (nSPS) is 11.5. The molecule has 0 amide bonds. The molecule has 0 aliphatic carbocycles. The van der Waals surface area contributed by atoms with Crippen molar-refractivity contribution in [2.24, 2.45) is 0 Å². The lowest BCUT2D eigenvalue weighted by molar-refractivity contribution is -0.157. The Morgan fingerprint density at radius 2 is 1.77 bits per heavy atom. The van der Waals surface area contributed by atoms with E-state index >= 15 is 0 Å². The highest BCUT2D eigenvalue weighted by Crippen LogP contribution is 2.32. The molecule has 1 N–H and O–H groups in total. The summed E-state index contributed by atoms with van der Waals surface area (Å²) < 4.78 is 51.8. The summed E-state index contributed by atoms with van der Waals surface area (Å²) in [5, 5.41) is 9.27. The lowest BCUT2D eigenvalue weighted by Crippen LogP contribution is -2.27. The Labute approximate surface area is 204 Å². The summed E-state index contributed by atoms with van der Waals surface area (Å²) in [4.78, 5) is 12.1. The van der Waals surface area contributed by atoms with Crippen LogP contribution in [0.4, 0.5) is 4.39 Å². The van der Waals surface area contributed by atoms with Crippen LogP contribution in [-0.2, 0) is 26.1 Å². The Balaban J connectivity index is 1.86. The van der Waals surface area contributed by atoms with E-state index in [1.54, 1.807) is 63.2 Å². The third-order valence-corrected chi connectivity index (χ3v) is 6.12. The number of carbonyl (C=O) groups is 1. The molecule has 0 unspecified atom stereocenters. The summed E-state index contributed by atoms with van der Waals surface area (Å²) in [6.45, 7) is 4.90. The second-order valence-electron chi connectivity index (χ2n) is 8.68. The number of hydrogen-bond acceptors (Lipinski definition) is 6. The smallest absolute Gasteiger partial charge is 0.344 e. The maximum absolute atomic E-state index is 13.1. The van der Waals surface area contributed by atoms with E-state index in [0.29, 0.717) is 28.0 Å². The number of carbonyl (C=O) groups excluding carboxylic acids is 1. The van der Waals surface area contributed by atoms with Gasteiger partial charge in [0.05, 0.1) is 16.5 Å². The van der Waals surface area contributed by atoms with Gasteiger partial charge in [-0.3, -0.25) is 0 Å². The summed E-state index contributed by atoms with van der Waals surface area (Å²) in [5.41, 5.74) is 1.62. The van der Waals surface area contributed by atoms with Crippen molar-refractivity contribution in [2.45, 2.75) is 37.8 Å². The van der Waals surface area contributed by atoms with Crippen LogP contribution in [0.3, 0.4) is 0 Å². The maximum atomic E-state index is 13.1. The number of nitrogens with zero attached hydrogens (tertiary/aromatic N) is 1. The molecule has 0 spiro atoms. The Morgan fingerprint density at radius 1 is 1.06 bits per heavy atom. The Bertz CT molecular complexity index is 1360. The fraction of sp³-hybridized carbons (Fsp3) is 0.231. The lowest BCUT2D eigenvalue weighted by atomic mass is 10.00. The first-order valence-corrected chi connectivity index (χ1v) is 12.2. The number of sulfonamides is 1. The predicted molar refractivity (Wildman–Crippen MR) is 128 cm³/mol. The third kappa shape index (κ3) is 7.37. The zero-order chi connectivity index (χ0) is 25.6. The molecule has 0 atom stereocenters. The van der Waals surface area contributed by atoms with Crippen LogP contribution in [0, 0.1) is 17.1 Å². The molecule has 0 aliphatic rings. The molecule has 7 nitrogen and oxygen atoms in total. The van der Waals surface area contributed by atoms with Gasteiger partial charge in [0.1, 0.15) is 17.2 Å². The number of rotatable bonds is 8. The molecule has 3 aromatic rings. The van der Waals surface area contributed by atoms with Crippen molar-refractivity contribution in [1.82, 2.24) is 4.72 Å². The van der Waals surface area contributed by atoms with E-state index in [1.807, 2.05) is 0 Å². The summed E-state index contributed by atoms with van der Waals surface area (Å²) in [6, 6.07) is 18.4. The fourth-order valence-electron chi connectivity index (χ4n) is 3.18. The van der Waals surface area contributed by atoms with Gasteiger partial charge in [0.25, 0.3) is 0 Å². The van der Waals surface area contributed by atoms with Crippen LogP contribution in [0.5, 0.6) is 5.75 Å². The molecule has 3 aromatic carbocycles. The molecular weight excluding hydrogens is 471 g/mol. The van der Waals surface area contributed by atoms with E-state index in [2.05, 4.69) is 10.8 Å². The third-order valence-electron chi connectivity index (χ3n) is 4.70. The molecule has 0 heterocycles. The van der Waals surface area contributed by atoms with Crippen LogP contribution in [0.1, 0.15) is 31.9 Å². The molecular formula is C26H25FN2O5S. The second kappa shape index (κ2) is 10.7. The molecule has 182 valence electrons. The Kier molecular flexibility index (Phi) is 7.89. The van der Waals surface area contributed by atoms with Gasteiger partial charge in [-0.25, -0.2) is 22.3 Å². The Morgan fingerprint density at radius 3 is 2.43 bits per heavy atom. The van der Waals surface area contributed by atoms with E-state index in [1.165, 1.54) is 12.1 Å². The molecule has 0 bridgehead atoms. The quantitative estimate of drug-likeness (QED) is 0.458. The zero-order valence-corrected chi connectivity index (χ0v) is 20.4. The fourth-order valence-corrected chi connectivity index (χ4v) is 4.20. The van der Waals surface area contributed by atoms with Gasteiger partial charge in [-0.15, -0.1) is 0 Å². The first kappa shape index (κ1) is 25.9. The number of ether oxygens (including phenoxy) is 2. The highest BCUT2D eigenvalue weighted by atomic mass is 32.2. The van der Waals surface area contributed by atoms with Crippen molar-refractivity contribution < 1.29 is 27.1 Å². The summed E-state index contributed by atoms with van der Waals surface area (Å²) in [6.07, 6.45) is 0. The number of benzene rings is 3. The van der Waals surface area contributed by atoms with Crippen molar-refractivity contribution in [2.75, 3.05) is 6.61 Å². The average molecular weight is 497 g/mol. The summed E-state index contributed by atoms with van der Waals surface area (Å²) in [5.74, 6) is -0.698. The van der Waals surface area contributed by atoms with Crippen LogP contribution in [-0.4, -0.2) is 26.6 Å². The molecule has 9 heteroatoms. The van der Waals surface area contributed by atoms with Crippen LogP contribution < -0.4 is 9.46 Å². The van der Waals surface area contributed by atoms with Crippen LogP contribution in [0.15, 0.2) is 71.6 Å².